The van der Waals surface area contributed by atoms with E-state index >= 15 is 0 Å². The summed E-state index contributed by atoms with van der Waals surface area (Å²) >= 11 is 0. The molecule has 0 rings (SSSR count). The Kier molecular flexibility index (Phi) is 4.63. The third kappa shape index (κ3) is 5.82. The van der Waals surface area contributed by atoms with Crippen molar-refractivity contribution in [3.63, 3.8) is 0 Å². The number of aliphatic hydroxyl groups excluding tert-OH is 1. The van der Waals surface area contributed by atoms with E-state index < -0.39 is 20.1 Å². The maximum atomic E-state index is 10.4. The van der Waals surface area contributed by atoms with E-state index in [4.69, 9.17) is 5.11 Å². The van der Waals surface area contributed by atoms with Crippen molar-refractivity contribution in [1.29, 1.82) is 0 Å². The second-order valence-electron chi connectivity index (χ2n) is 4.86. The minimum Gasteiger partial charge on any atom is -0.479 e. The molecule has 0 aliphatic rings. The Bertz CT molecular complexity index is 174. The van der Waals surface area contributed by atoms with Gasteiger partial charge in [0.2, 0.25) is 0 Å². The molecular weight excluding hydrogens is 184 g/mol. The molecule has 0 aliphatic carbocycles. The number of carbonyl (C=O) groups is 1. The van der Waals surface area contributed by atoms with Crippen LogP contribution in [0.25, 0.3) is 0 Å². The van der Waals surface area contributed by atoms with Gasteiger partial charge >= 0.3 is 5.97 Å². The van der Waals surface area contributed by atoms with Crippen LogP contribution in [0.5, 0.6) is 0 Å². The second kappa shape index (κ2) is 4.76. The first-order chi connectivity index (χ1) is 5.74. The van der Waals surface area contributed by atoms with Crippen LogP contribution in [-0.4, -0.2) is 30.4 Å². The van der Waals surface area contributed by atoms with Gasteiger partial charge < -0.3 is 10.2 Å². The van der Waals surface area contributed by atoms with Gasteiger partial charge in [0.1, 0.15) is 0 Å². The first-order valence-electron chi connectivity index (χ1n) is 4.65. The predicted molar refractivity (Wildman–Crippen MR) is 55.6 cm³/mol. The molecule has 2 atom stereocenters. The Morgan fingerprint density at radius 2 is 1.85 bits per heavy atom. The molecule has 0 amide bonds. The van der Waals surface area contributed by atoms with Crippen LogP contribution in [0.2, 0.25) is 25.7 Å². The van der Waals surface area contributed by atoms with Gasteiger partial charge in [-0.3, -0.25) is 0 Å². The van der Waals surface area contributed by atoms with Gasteiger partial charge in [-0.25, -0.2) is 4.79 Å². The van der Waals surface area contributed by atoms with Crippen molar-refractivity contribution < 1.29 is 15.0 Å². The highest BCUT2D eigenvalue weighted by Crippen LogP contribution is 2.18. The maximum Gasteiger partial charge on any atom is 0.332 e. The van der Waals surface area contributed by atoms with E-state index in [-0.39, 0.29) is 5.92 Å². The molecule has 78 valence electrons. The lowest BCUT2D eigenvalue weighted by molar-refractivity contribution is -0.149. The smallest absolute Gasteiger partial charge is 0.332 e. The second-order valence-corrected chi connectivity index (χ2v) is 10.5. The lowest BCUT2D eigenvalue weighted by Crippen LogP contribution is -2.29. The van der Waals surface area contributed by atoms with Crippen LogP contribution in [0.4, 0.5) is 0 Å². The summed E-state index contributed by atoms with van der Waals surface area (Å²) < 4.78 is 0. The minimum absolute atomic E-state index is 0.135. The summed E-state index contributed by atoms with van der Waals surface area (Å²) in [4.78, 5) is 10.4. The van der Waals surface area contributed by atoms with E-state index in [1.165, 1.54) is 0 Å². The van der Waals surface area contributed by atoms with Crippen molar-refractivity contribution >= 4 is 14.0 Å². The lowest BCUT2D eigenvalue weighted by Gasteiger charge is -2.20. The number of rotatable bonds is 5. The molecule has 0 radical (unpaired) electrons. The average Bonchev–Trinajstić information content (AvgIpc) is 1.97. The average molecular weight is 204 g/mol. The van der Waals surface area contributed by atoms with Crippen molar-refractivity contribution in [2.45, 2.75) is 45.1 Å². The lowest BCUT2D eigenvalue weighted by atomic mass is 10.0. The monoisotopic (exact) mass is 204 g/mol. The Morgan fingerprint density at radius 1 is 1.38 bits per heavy atom. The van der Waals surface area contributed by atoms with Crippen LogP contribution in [-0.2, 0) is 4.79 Å². The van der Waals surface area contributed by atoms with E-state index in [1.807, 2.05) is 0 Å². The Labute approximate surface area is 80.8 Å². The highest BCUT2D eigenvalue weighted by molar-refractivity contribution is 6.76. The van der Waals surface area contributed by atoms with Crippen molar-refractivity contribution in [1.82, 2.24) is 0 Å². The SMILES string of the molecule is CC(CC[Si](C)(C)C)C(O)C(=O)O. The Balaban J connectivity index is 3.88. The van der Waals surface area contributed by atoms with Crippen LogP contribution in [0.1, 0.15) is 13.3 Å². The van der Waals surface area contributed by atoms with Crippen LogP contribution in [0, 0.1) is 5.92 Å². The van der Waals surface area contributed by atoms with Gasteiger partial charge in [0.15, 0.2) is 6.10 Å². The molecule has 2 unspecified atom stereocenters. The fourth-order valence-corrected chi connectivity index (χ4v) is 2.38. The summed E-state index contributed by atoms with van der Waals surface area (Å²) in [5.74, 6) is -1.24. The fourth-order valence-electron chi connectivity index (χ4n) is 1.06. The predicted octanol–water partition coefficient (Wildman–Crippen LogP) is 1.80. The number of hydrogen-bond donors (Lipinski definition) is 2. The molecule has 2 N–H and O–H groups in total. The van der Waals surface area contributed by atoms with Crippen molar-refractivity contribution in [3.8, 4) is 0 Å². The van der Waals surface area contributed by atoms with E-state index in [1.54, 1.807) is 6.92 Å². The number of carboxylic acids is 1. The zero-order chi connectivity index (χ0) is 10.6. The first kappa shape index (κ1) is 12.6. The number of hydrogen-bond acceptors (Lipinski definition) is 2. The van der Waals surface area contributed by atoms with Gasteiger partial charge in [-0.05, 0) is 5.92 Å². The molecule has 0 fully saturated rings. The zero-order valence-electron chi connectivity index (χ0n) is 8.87. The molecule has 0 saturated carbocycles. The van der Waals surface area contributed by atoms with Crippen LogP contribution in [0.3, 0.4) is 0 Å². The molecule has 0 aromatic rings. The molecule has 0 aliphatic heterocycles. The minimum atomic E-state index is -1.20. The van der Waals surface area contributed by atoms with Gasteiger partial charge in [-0.15, -0.1) is 0 Å². The Morgan fingerprint density at radius 3 is 2.15 bits per heavy atom. The van der Waals surface area contributed by atoms with Crippen molar-refractivity contribution in [2.24, 2.45) is 5.92 Å². The quantitative estimate of drug-likeness (QED) is 0.671. The van der Waals surface area contributed by atoms with Crippen LogP contribution in [0.15, 0.2) is 0 Å². The Hall–Kier alpha value is -0.353. The van der Waals surface area contributed by atoms with Crippen molar-refractivity contribution in [2.75, 3.05) is 0 Å². The normalized spacial score (nSPS) is 16.7. The van der Waals surface area contributed by atoms with Gasteiger partial charge in [0.05, 0.1) is 0 Å². The summed E-state index contributed by atoms with van der Waals surface area (Å²) in [5, 5.41) is 17.8. The largest absolute Gasteiger partial charge is 0.479 e. The molecule has 0 aromatic carbocycles. The molecule has 0 aromatic heterocycles. The molecule has 0 heterocycles. The molecule has 0 saturated heterocycles. The molecule has 3 nitrogen and oxygen atoms in total. The molecule has 4 heteroatoms. The summed E-state index contributed by atoms with van der Waals surface area (Å²) in [5.41, 5.74) is 0. The third-order valence-electron chi connectivity index (χ3n) is 2.14. The summed E-state index contributed by atoms with van der Waals surface area (Å²) in [6.45, 7) is 8.52. The van der Waals surface area contributed by atoms with Crippen LogP contribution >= 0.6 is 0 Å². The highest BCUT2D eigenvalue weighted by atomic mass is 28.3. The summed E-state index contributed by atoms with van der Waals surface area (Å²) in [7, 11) is -1.10. The van der Waals surface area contributed by atoms with Gasteiger partial charge in [-0.1, -0.05) is 39.0 Å². The summed E-state index contributed by atoms with van der Waals surface area (Å²) in [6.07, 6.45) is -0.389. The molecule has 13 heavy (non-hydrogen) atoms. The third-order valence-corrected chi connectivity index (χ3v) is 3.93. The van der Waals surface area contributed by atoms with E-state index in [2.05, 4.69) is 19.6 Å². The zero-order valence-corrected chi connectivity index (χ0v) is 9.87. The fraction of sp³-hybridized carbons (Fsp3) is 0.889. The van der Waals surface area contributed by atoms with Gasteiger partial charge in [-0.2, -0.15) is 0 Å². The summed E-state index contributed by atoms with van der Waals surface area (Å²) in [6, 6.07) is 1.07. The number of aliphatic hydroxyl groups is 1. The maximum absolute atomic E-state index is 10.4. The van der Waals surface area contributed by atoms with E-state index in [0.717, 1.165) is 12.5 Å². The van der Waals surface area contributed by atoms with E-state index in [0.29, 0.717) is 0 Å². The van der Waals surface area contributed by atoms with Crippen LogP contribution < -0.4 is 0 Å². The first-order valence-corrected chi connectivity index (χ1v) is 8.35. The molecule has 0 spiro atoms. The number of carboxylic acid groups (broad SMARTS) is 1. The number of aliphatic carboxylic acids is 1. The highest BCUT2D eigenvalue weighted by Gasteiger charge is 2.23. The van der Waals surface area contributed by atoms with Gasteiger partial charge in [0, 0.05) is 8.07 Å². The van der Waals surface area contributed by atoms with Gasteiger partial charge in [0.25, 0.3) is 0 Å². The molecule has 0 bridgehead atoms. The molecular formula is C9H20O3Si. The standard InChI is InChI=1S/C9H20O3Si/c1-7(8(10)9(11)12)5-6-13(2,3)4/h7-8,10H,5-6H2,1-4H3,(H,11,12). The topological polar surface area (TPSA) is 57.5 Å². The van der Waals surface area contributed by atoms with E-state index in [9.17, 15) is 9.90 Å². The van der Waals surface area contributed by atoms with Crippen molar-refractivity contribution in [3.05, 3.63) is 0 Å².